The van der Waals surface area contributed by atoms with E-state index in [0.717, 1.165) is 36.9 Å². The molecule has 1 aromatic carbocycles. The summed E-state index contributed by atoms with van der Waals surface area (Å²) in [4.78, 5) is 54.8. The van der Waals surface area contributed by atoms with Crippen LogP contribution in [0.4, 0.5) is 0 Å². The molecule has 2 fully saturated rings. The second-order valence-corrected chi connectivity index (χ2v) is 9.21. The molecule has 2 atom stereocenters. The SMILES string of the molecule is O=C1CCC(N2Cc3cc(OC[C@@H]4CCCCN4Cc4cc[nH]c(=O)c4)ccc3C2=O)C(=O)N1. The quantitative estimate of drug-likeness (QED) is 0.628. The van der Waals surface area contributed by atoms with Crippen molar-refractivity contribution in [3.8, 4) is 5.75 Å². The van der Waals surface area contributed by atoms with Crippen molar-refractivity contribution in [2.45, 2.75) is 57.3 Å². The van der Waals surface area contributed by atoms with Gasteiger partial charge in [-0.1, -0.05) is 6.42 Å². The summed E-state index contributed by atoms with van der Waals surface area (Å²) in [6.45, 7) is 2.51. The van der Waals surface area contributed by atoms with Crippen molar-refractivity contribution >= 4 is 17.7 Å². The highest BCUT2D eigenvalue weighted by Gasteiger charge is 2.39. The minimum absolute atomic E-state index is 0.0960. The Morgan fingerprint density at radius 2 is 1.91 bits per heavy atom. The first-order valence-electron chi connectivity index (χ1n) is 11.8. The third kappa shape index (κ3) is 4.61. The van der Waals surface area contributed by atoms with Gasteiger partial charge in [0.25, 0.3) is 5.91 Å². The molecule has 3 amide bonds. The zero-order valence-corrected chi connectivity index (χ0v) is 18.9. The van der Waals surface area contributed by atoms with Crippen LogP contribution in [0, 0.1) is 0 Å². The Labute approximate surface area is 197 Å². The van der Waals surface area contributed by atoms with E-state index in [1.807, 2.05) is 12.1 Å². The van der Waals surface area contributed by atoms with Crippen molar-refractivity contribution in [1.29, 1.82) is 0 Å². The van der Waals surface area contributed by atoms with Crippen molar-refractivity contribution < 1.29 is 19.1 Å². The number of amides is 3. The van der Waals surface area contributed by atoms with Crippen LogP contribution in [0.3, 0.4) is 0 Å². The number of pyridine rings is 1. The van der Waals surface area contributed by atoms with Crippen molar-refractivity contribution in [2.24, 2.45) is 0 Å². The fourth-order valence-corrected chi connectivity index (χ4v) is 5.11. The summed E-state index contributed by atoms with van der Waals surface area (Å²) in [7, 11) is 0. The monoisotopic (exact) mass is 464 g/mol. The average molecular weight is 465 g/mol. The molecule has 2 aromatic rings. The predicted octanol–water partition coefficient (Wildman–Crippen LogP) is 1.57. The highest BCUT2D eigenvalue weighted by molar-refractivity contribution is 6.05. The van der Waals surface area contributed by atoms with Crippen molar-refractivity contribution in [3.05, 3.63) is 63.6 Å². The number of rotatable bonds is 6. The predicted molar refractivity (Wildman–Crippen MR) is 123 cm³/mol. The Bertz CT molecular complexity index is 1180. The number of nitrogens with one attached hydrogen (secondary N) is 2. The van der Waals surface area contributed by atoms with Crippen LogP contribution in [0.15, 0.2) is 41.3 Å². The van der Waals surface area contributed by atoms with Crippen molar-refractivity contribution in [3.63, 3.8) is 0 Å². The molecule has 34 heavy (non-hydrogen) atoms. The molecular formula is C25H28N4O5. The Morgan fingerprint density at radius 3 is 2.74 bits per heavy atom. The highest BCUT2D eigenvalue weighted by Crippen LogP contribution is 2.30. The van der Waals surface area contributed by atoms with Crippen LogP contribution in [0.5, 0.6) is 5.75 Å². The van der Waals surface area contributed by atoms with Gasteiger partial charge >= 0.3 is 0 Å². The lowest BCUT2D eigenvalue weighted by molar-refractivity contribution is -0.136. The zero-order valence-electron chi connectivity index (χ0n) is 18.9. The first-order valence-corrected chi connectivity index (χ1v) is 11.8. The number of aromatic nitrogens is 1. The number of hydrogen-bond donors (Lipinski definition) is 2. The summed E-state index contributed by atoms with van der Waals surface area (Å²) in [5, 5.41) is 2.33. The number of nitrogens with zero attached hydrogens (tertiary/aromatic N) is 2. The third-order valence-electron chi connectivity index (χ3n) is 6.91. The average Bonchev–Trinajstić information content (AvgIpc) is 3.14. The molecule has 0 saturated carbocycles. The van der Waals surface area contributed by atoms with Crippen LogP contribution < -0.4 is 15.6 Å². The Kier molecular flexibility index (Phi) is 6.19. The molecular weight excluding hydrogens is 436 g/mol. The number of piperidine rings is 2. The molecule has 4 heterocycles. The summed E-state index contributed by atoms with van der Waals surface area (Å²) in [5.74, 6) is -0.200. The molecule has 3 aliphatic heterocycles. The normalized spacial score (nSPS) is 23.1. The number of fused-ring (bicyclic) bond motifs is 1. The van der Waals surface area contributed by atoms with E-state index in [9.17, 15) is 19.2 Å². The molecule has 5 rings (SSSR count). The zero-order chi connectivity index (χ0) is 23.7. The summed E-state index contributed by atoms with van der Waals surface area (Å²) in [5.41, 5.74) is 2.29. The van der Waals surface area contributed by atoms with E-state index in [2.05, 4.69) is 15.2 Å². The second kappa shape index (κ2) is 9.42. The first-order chi connectivity index (χ1) is 16.5. The number of ether oxygens (including phenoxy) is 1. The van der Waals surface area contributed by atoms with E-state index >= 15 is 0 Å². The molecule has 2 N–H and O–H groups in total. The summed E-state index contributed by atoms with van der Waals surface area (Å²) in [6.07, 6.45) is 5.54. The van der Waals surface area contributed by atoms with Gasteiger partial charge in [0, 0.05) is 43.4 Å². The molecule has 3 aliphatic rings. The molecule has 0 aliphatic carbocycles. The number of imide groups is 1. The minimum atomic E-state index is -0.622. The highest BCUT2D eigenvalue weighted by atomic mass is 16.5. The van der Waals surface area contributed by atoms with E-state index in [4.69, 9.17) is 4.74 Å². The van der Waals surface area contributed by atoms with Gasteiger partial charge in [-0.2, -0.15) is 0 Å². The molecule has 1 unspecified atom stereocenters. The lowest BCUT2D eigenvalue weighted by atomic mass is 10.0. The van der Waals surface area contributed by atoms with Gasteiger partial charge in [0.2, 0.25) is 17.4 Å². The van der Waals surface area contributed by atoms with Crippen LogP contribution in [0.2, 0.25) is 0 Å². The Hall–Kier alpha value is -3.46. The van der Waals surface area contributed by atoms with Crippen molar-refractivity contribution in [1.82, 2.24) is 20.1 Å². The summed E-state index contributed by atoms with van der Waals surface area (Å²) < 4.78 is 6.15. The van der Waals surface area contributed by atoms with Gasteiger partial charge in [-0.05, 0) is 61.2 Å². The molecule has 9 nitrogen and oxygen atoms in total. The number of likely N-dealkylation sites (tertiary alicyclic amines) is 1. The van der Waals surface area contributed by atoms with Crippen LogP contribution in [0.1, 0.15) is 53.6 Å². The van der Waals surface area contributed by atoms with E-state index < -0.39 is 11.9 Å². The number of carbonyl (C=O) groups excluding carboxylic acids is 3. The molecule has 9 heteroatoms. The Morgan fingerprint density at radius 1 is 1.03 bits per heavy atom. The molecule has 1 aromatic heterocycles. The van der Waals surface area contributed by atoms with Crippen LogP contribution >= 0.6 is 0 Å². The summed E-state index contributed by atoms with van der Waals surface area (Å²) in [6, 6.07) is 8.62. The maximum absolute atomic E-state index is 12.9. The number of H-pyrrole nitrogens is 1. The van der Waals surface area contributed by atoms with E-state index in [0.29, 0.717) is 37.4 Å². The number of aromatic amines is 1. The molecule has 0 bridgehead atoms. The molecule has 178 valence electrons. The van der Waals surface area contributed by atoms with E-state index in [1.54, 1.807) is 29.3 Å². The van der Waals surface area contributed by atoms with Gasteiger partial charge in [-0.3, -0.25) is 29.4 Å². The van der Waals surface area contributed by atoms with Gasteiger partial charge in [0.15, 0.2) is 0 Å². The van der Waals surface area contributed by atoms with Gasteiger partial charge in [-0.15, -0.1) is 0 Å². The minimum Gasteiger partial charge on any atom is -0.492 e. The molecule has 2 saturated heterocycles. The first kappa shape index (κ1) is 22.3. The van der Waals surface area contributed by atoms with Crippen LogP contribution in [0.25, 0.3) is 0 Å². The lowest BCUT2D eigenvalue weighted by Gasteiger charge is -2.35. The fourth-order valence-electron chi connectivity index (χ4n) is 5.11. The van der Waals surface area contributed by atoms with Gasteiger partial charge in [-0.25, -0.2) is 0 Å². The lowest BCUT2D eigenvalue weighted by Crippen LogP contribution is -2.52. The topological polar surface area (TPSA) is 112 Å². The maximum atomic E-state index is 12.9. The smallest absolute Gasteiger partial charge is 0.255 e. The number of carbonyl (C=O) groups is 3. The van der Waals surface area contributed by atoms with E-state index in [-0.39, 0.29) is 29.8 Å². The number of hydrogen-bond acceptors (Lipinski definition) is 6. The third-order valence-corrected chi connectivity index (χ3v) is 6.91. The maximum Gasteiger partial charge on any atom is 0.255 e. The Balaban J connectivity index is 1.23. The van der Waals surface area contributed by atoms with Crippen molar-refractivity contribution in [2.75, 3.05) is 13.2 Å². The second-order valence-electron chi connectivity index (χ2n) is 9.21. The fraction of sp³-hybridized carbons (Fsp3) is 0.440. The number of benzene rings is 1. The standard InChI is InChI=1S/C25H28N4O5/c30-22-7-6-21(24(32)27-22)29-14-17-12-19(4-5-20(17)25(29)33)34-15-18-3-1-2-10-28(18)13-16-8-9-26-23(31)11-16/h4-5,8-9,11-12,18,21H,1-3,6-7,10,13-15H2,(H,26,31)(H,27,30,32)/t18-,21?/m0/s1. The van der Waals surface area contributed by atoms with Gasteiger partial charge in [0.1, 0.15) is 18.4 Å². The summed E-state index contributed by atoms with van der Waals surface area (Å²) >= 11 is 0. The van der Waals surface area contributed by atoms with Gasteiger partial charge in [0.05, 0.1) is 0 Å². The van der Waals surface area contributed by atoms with Crippen LogP contribution in [-0.2, 0) is 22.7 Å². The molecule has 0 radical (unpaired) electrons. The largest absolute Gasteiger partial charge is 0.492 e. The van der Waals surface area contributed by atoms with Gasteiger partial charge < -0.3 is 14.6 Å². The van der Waals surface area contributed by atoms with Crippen LogP contribution in [-0.4, -0.2) is 57.7 Å². The molecule has 0 spiro atoms. The van der Waals surface area contributed by atoms with E-state index in [1.165, 1.54) is 0 Å².